The molecule has 3 rings (SSSR count). The summed E-state index contributed by atoms with van der Waals surface area (Å²) in [6.45, 7) is 4.50. The molecule has 0 spiro atoms. The van der Waals surface area contributed by atoms with Crippen molar-refractivity contribution in [2.45, 2.75) is 32.4 Å². The Bertz CT molecular complexity index is 709. The van der Waals surface area contributed by atoms with Gasteiger partial charge in [-0.2, -0.15) is 0 Å². The number of nitrogens with one attached hydrogen (secondary N) is 2. The van der Waals surface area contributed by atoms with Crippen LogP contribution in [0.4, 0.5) is 5.69 Å². The quantitative estimate of drug-likeness (QED) is 0.764. The van der Waals surface area contributed by atoms with Crippen molar-refractivity contribution >= 4 is 11.6 Å². The molecular formula is C21H26N2O3. The Kier molecular flexibility index (Phi) is 6.63. The summed E-state index contributed by atoms with van der Waals surface area (Å²) in [5.41, 5.74) is 3.06. The first kappa shape index (κ1) is 18.4. The van der Waals surface area contributed by atoms with Crippen molar-refractivity contribution in [3.63, 3.8) is 0 Å². The number of rotatable bonds is 8. The van der Waals surface area contributed by atoms with Gasteiger partial charge in [0.2, 0.25) is 0 Å². The Morgan fingerprint density at radius 1 is 1.23 bits per heavy atom. The van der Waals surface area contributed by atoms with E-state index in [9.17, 15) is 4.79 Å². The van der Waals surface area contributed by atoms with Crippen molar-refractivity contribution in [1.82, 2.24) is 5.32 Å². The molecule has 1 aliphatic heterocycles. The minimum atomic E-state index is -0.171. The van der Waals surface area contributed by atoms with Crippen LogP contribution < -0.4 is 15.4 Å². The van der Waals surface area contributed by atoms with E-state index in [4.69, 9.17) is 9.47 Å². The molecule has 0 saturated carbocycles. The van der Waals surface area contributed by atoms with Crippen LogP contribution in [0.3, 0.4) is 0 Å². The lowest BCUT2D eigenvalue weighted by Crippen LogP contribution is -2.25. The lowest BCUT2D eigenvalue weighted by Gasteiger charge is -2.12. The Labute approximate surface area is 154 Å². The van der Waals surface area contributed by atoms with E-state index in [0.29, 0.717) is 11.9 Å². The molecule has 1 fully saturated rings. The minimum Gasteiger partial charge on any atom is -0.484 e. The van der Waals surface area contributed by atoms with Gasteiger partial charge in [-0.25, -0.2) is 0 Å². The van der Waals surface area contributed by atoms with Crippen molar-refractivity contribution in [2.75, 3.05) is 25.1 Å². The van der Waals surface area contributed by atoms with E-state index in [0.717, 1.165) is 49.4 Å². The zero-order valence-corrected chi connectivity index (χ0v) is 15.2. The summed E-state index contributed by atoms with van der Waals surface area (Å²) in [5.74, 6) is 0.524. The number of ether oxygens (including phenoxy) is 2. The molecule has 0 bridgehead atoms. The lowest BCUT2D eigenvalue weighted by atomic mass is 10.2. The van der Waals surface area contributed by atoms with Gasteiger partial charge in [0.25, 0.3) is 5.91 Å². The topological polar surface area (TPSA) is 59.6 Å². The third-order valence-corrected chi connectivity index (χ3v) is 4.33. The molecule has 2 aromatic rings. The first-order valence-electron chi connectivity index (χ1n) is 9.09. The maximum atomic E-state index is 12.0. The average molecular weight is 354 g/mol. The van der Waals surface area contributed by atoms with Crippen LogP contribution in [0.15, 0.2) is 48.5 Å². The van der Waals surface area contributed by atoms with Gasteiger partial charge in [0, 0.05) is 25.4 Å². The molecule has 0 radical (unpaired) electrons. The van der Waals surface area contributed by atoms with E-state index in [-0.39, 0.29) is 12.5 Å². The van der Waals surface area contributed by atoms with Crippen LogP contribution in [-0.4, -0.2) is 31.8 Å². The summed E-state index contributed by atoms with van der Waals surface area (Å²) in [6, 6.07) is 15.5. The second-order valence-electron chi connectivity index (χ2n) is 6.62. The van der Waals surface area contributed by atoms with Gasteiger partial charge in [-0.15, -0.1) is 0 Å². The molecule has 5 nitrogen and oxygen atoms in total. The normalized spacial score (nSPS) is 16.4. The number of aryl methyl sites for hydroxylation is 1. The highest BCUT2D eigenvalue weighted by atomic mass is 16.5. The fraction of sp³-hybridized carbons (Fsp3) is 0.381. The highest BCUT2D eigenvalue weighted by Crippen LogP contribution is 2.15. The molecule has 1 heterocycles. The number of hydrogen-bond acceptors (Lipinski definition) is 4. The summed E-state index contributed by atoms with van der Waals surface area (Å²) >= 11 is 0. The second-order valence-corrected chi connectivity index (χ2v) is 6.62. The SMILES string of the molecule is Cc1ccc(NC(=O)COc2cccc(CNC[C@H]3CCCO3)c2)cc1. The van der Waals surface area contributed by atoms with Crippen molar-refractivity contribution < 1.29 is 14.3 Å². The maximum absolute atomic E-state index is 12.0. The first-order chi connectivity index (χ1) is 12.7. The van der Waals surface area contributed by atoms with Gasteiger partial charge in [-0.1, -0.05) is 29.8 Å². The number of carbonyl (C=O) groups is 1. The van der Waals surface area contributed by atoms with Gasteiger partial charge >= 0.3 is 0 Å². The predicted octanol–water partition coefficient (Wildman–Crippen LogP) is 3.28. The second kappa shape index (κ2) is 9.36. The zero-order chi connectivity index (χ0) is 18.2. The lowest BCUT2D eigenvalue weighted by molar-refractivity contribution is -0.118. The highest BCUT2D eigenvalue weighted by Gasteiger charge is 2.14. The van der Waals surface area contributed by atoms with E-state index < -0.39 is 0 Å². The molecular weight excluding hydrogens is 328 g/mol. The minimum absolute atomic E-state index is 0.0132. The average Bonchev–Trinajstić information content (AvgIpc) is 3.16. The molecule has 2 N–H and O–H groups in total. The molecule has 1 saturated heterocycles. The fourth-order valence-electron chi connectivity index (χ4n) is 2.91. The molecule has 1 amide bonds. The van der Waals surface area contributed by atoms with Gasteiger partial charge in [0.1, 0.15) is 5.75 Å². The van der Waals surface area contributed by atoms with Gasteiger partial charge in [-0.3, -0.25) is 4.79 Å². The summed E-state index contributed by atoms with van der Waals surface area (Å²) in [5, 5.41) is 6.24. The molecule has 2 aromatic carbocycles. The molecule has 0 aliphatic carbocycles. The standard InChI is InChI=1S/C21H26N2O3/c1-16-7-9-18(10-8-16)23-21(24)15-26-19-5-2-4-17(12-19)13-22-14-20-6-3-11-25-20/h2,4-5,7-10,12,20,22H,3,6,11,13-15H2,1H3,(H,23,24)/t20-/m1/s1. The number of carbonyl (C=O) groups excluding carboxylic acids is 1. The van der Waals surface area contributed by atoms with E-state index in [1.807, 2.05) is 55.5 Å². The summed E-state index contributed by atoms with van der Waals surface area (Å²) in [4.78, 5) is 12.0. The molecule has 1 aliphatic rings. The van der Waals surface area contributed by atoms with E-state index in [2.05, 4.69) is 10.6 Å². The van der Waals surface area contributed by atoms with Crippen LogP contribution in [0.25, 0.3) is 0 Å². The Morgan fingerprint density at radius 3 is 2.85 bits per heavy atom. The van der Waals surface area contributed by atoms with Crippen LogP contribution in [-0.2, 0) is 16.1 Å². The largest absolute Gasteiger partial charge is 0.484 e. The van der Waals surface area contributed by atoms with E-state index in [1.165, 1.54) is 0 Å². The van der Waals surface area contributed by atoms with Crippen molar-refractivity contribution in [3.05, 3.63) is 59.7 Å². The molecule has 1 atom stereocenters. The van der Waals surface area contributed by atoms with E-state index in [1.54, 1.807) is 0 Å². The van der Waals surface area contributed by atoms with Gasteiger partial charge in [-0.05, 0) is 49.6 Å². The predicted molar refractivity (Wildman–Crippen MR) is 102 cm³/mol. The Balaban J connectivity index is 1.42. The van der Waals surface area contributed by atoms with Crippen LogP contribution in [0, 0.1) is 6.92 Å². The third-order valence-electron chi connectivity index (χ3n) is 4.33. The van der Waals surface area contributed by atoms with Crippen LogP contribution in [0.1, 0.15) is 24.0 Å². The number of benzene rings is 2. The Morgan fingerprint density at radius 2 is 2.08 bits per heavy atom. The molecule has 0 unspecified atom stereocenters. The third kappa shape index (κ3) is 5.86. The number of anilines is 1. The number of hydrogen-bond donors (Lipinski definition) is 2. The maximum Gasteiger partial charge on any atom is 0.262 e. The summed E-state index contributed by atoms with van der Waals surface area (Å²) < 4.78 is 11.2. The van der Waals surface area contributed by atoms with Gasteiger partial charge < -0.3 is 20.1 Å². The first-order valence-corrected chi connectivity index (χ1v) is 9.09. The Hall–Kier alpha value is -2.37. The summed E-state index contributed by atoms with van der Waals surface area (Å²) in [6.07, 6.45) is 2.62. The van der Waals surface area contributed by atoms with Crippen molar-refractivity contribution in [1.29, 1.82) is 0 Å². The molecule has 0 aromatic heterocycles. The van der Waals surface area contributed by atoms with Crippen molar-refractivity contribution in [3.8, 4) is 5.75 Å². The van der Waals surface area contributed by atoms with E-state index >= 15 is 0 Å². The van der Waals surface area contributed by atoms with Crippen LogP contribution in [0.2, 0.25) is 0 Å². The fourth-order valence-corrected chi connectivity index (χ4v) is 2.91. The van der Waals surface area contributed by atoms with Gasteiger partial charge in [0.15, 0.2) is 6.61 Å². The molecule has 138 valence electrons. The summed E-state index contributed by atoms with van der Waals surface area (Å²) in [7, 11) is 0. The van der Waals surface area contributed by atoms with Crippen molar-refractivity contribution in [2.24, 2.45) is 0 Å². The molecule has 5 heteroatoms. The zero-order valence-electron chi connectivity index (χ0n) is 15.2. The monoisotopic (exact) mass is 354 g/mol. The smallest absolute Gasteiger partial charge is 0.262 e. The van der Waals surface area contributed by atoms with Crippen LogP contribution >= 0.6 is 0 Å². The molecule has 26 heavy (non-hydrogen) atoms. The highest BCUT2D eigenvalue weighted by molar-refractivity contribution is 5.91. The van der Waals surface area contributed by atoms with Crippen LogP contribution in [0.5, 0.6) is 5.75 Å². The van der Waals surface area contributed by atoms with Gasteiger partial charge in [0.05, 0.1) is 6.10 Å². The number of amides is 1.